The van der Waals surface area contributed by atoms with Crippen LogP contribution in [-0.2, 0) is 13.1 Å². The summed E-state index contributed by atoms with van der Waals surface area (Å²) in [5.41, 5.74) is 5.39. The average Bonchev–Trinajstić information content (AvgIpc) is 2.36. The monoisotopic (exact) mass is 442 g/mol. The highest BCUT2D eigenvalue weighted by Gasteiger charge is 2.05. The quantitative estimate of drug-likeness (QED) is 0.341. The summed E-state index contributed by atoms with van der Waals surface area (Å²) in [4.78, 5) is 0. The molecule has 0 radical (unpaired) electrons. The summed E-state index contributed by atoms with van der Waals surface area (Å²) in [6, 6.07) is 4.46. The van der Waals surface area contributed by atoms with E-state index in [2.05, 4.69) is 73.7 Å². The second-order valence-corrected chi connectivity index (χ2v) is 6.32. The lowest BCUT2D eigenvalue weighted by atomic mass is 10.2. The predicted octanol–water partition coefficient (Wildman–Crippen LogP) is -2.63. The maximum Gasteiger partial charge on any atom is 0.171 e. The van der Waals surface area contributed by atoms with Gasteiger partial charge in [-0.1, -0.05) is 0 Å². The SMILES string of the molecule is Cc1cc(C)c[n+](CCCCC[n+]2cc(C)cc(C)c2)c1.[Br-].[Br-]. The van der Waals surface area contributed by atoms with Crippen molar-refractivity contribution in [2.24, 2.45) is 0 Å². The minimum absolute atomic E-state index is 0. The van der Waals surface area contributed by atoms with Gasteiger partial charge in [0, 0.05) is 35.1 Å². The highest BCUT2D eigenvalue weighted by molar-refractivity contribution is 5.11. The molecule has 2 nitrogen and oxygen atoms in total. The van der Waals surface area contributed by atoms with E-state index in [0.717, 1.165) is 13.1 Å². The molecule has 2 aromatic heterocycles. The molecular weight excluding hydrogens is 416 g/mol. The van der Waals surface area contributed by atoms with Crippen LogP contribution in [0.1, 0.15) is 41.5 Å². The van der Waals surface area contributed by atoms with E-state index < -0.39 is 0 Å². The first-order chi connectivity index (χ1) is 10.0. The molecule has 0 aliphatic carbocycles. The normalized spacial score (nSPS) is 9.91. The lowest BCUT2D eigenvalue weighted by Crippen LogP contribution is -3.00. The molecule has 0 unspecified atom stereocenters. The van der Waals surface area contributed by atoms with Crippen LogP contribution in [0.25, 0.3) is 0 Å². The van der Waals surface area contributed by atoms with Gasteiger partial charge in [-0.2, -0.15) is 0 Å². The van der Waals surface area contributed by atoms with Crippen LogP contribution in [0.15, 0.2) is 36.9 Å². The van der Waals surface area contributed by atoms with E-state index in [0.29, 0.717) is 0 Å². The number of unbranched alkanes of at least 4 members (excludes halogenated alkanes) is 2. The van der Waals surface area contributed by atoms with Crippen LogP contribution in [-0.4, -0.2) is 0 Å². The number of aromatic nitrogens is 2. The van der Waals surface area contributed by atoms with Gasteiger partial charge in [-0.15, -0.1) is 0 Å². The van der Waals surface area contributed by atoms with Crippen LogP contribution >= 0.6 is 0 Å². The summed E-state index contributed by atoms with van der Waals surface area (Å²) in [6.07, 6.45) is 12.7. The van der Waals surface area contributed by atoms with Crippen LogP contribution in [0.5, 0.6) is 0 Å². The largest absolute Gasteiger partial charge is 1.00 e. The van der Waals surface area contributed by atoms with Crippen molar-refractivity contribution in [1.82, 2.24) is 0 Å². The fourth-order valence-corrected chi connectivity index (χ4v) is 3.01. The lowest BCUT2D eigenvalue weighted by molar-refractivity contribution is -0.701. The molecule has 0 saturated heterocycles. The molecule has 0 saturated carbocycles. The van der Waals surface area contributed by atoms with Crippen LogP contribution in [0.3, 0.4) is 0 Å². The van der Waals surface area contributed by atoms with E-state index in [-0.39, 0.29) is 34.0 Å². The molecule has 0 bridgehead atoms. The van der Waals surface area contributed by atoms with Gasteiger partial charge in [0.2, 0.25) is 0 Å². The Morgan fingerprint density at radius 1 is 0.565 bits per heavy atom. The van der Waals surface area contributed by atoms with E-state index in [9.17, 15) is 0 Å². The fraction of sp³-hybridized carbons (Fsp3) is 0.474. The Labute approximate surface area is 162 Å². The zero-order valence-corrected chi connectivity index (χ0v) is 17.8. The Balaban J connectivity index is 0.00000242. The van der Waals surface area contributed by atoms with E-state index in [1.165, 1.54) is 41.5 Å². The van der Waals surface area contributed by atoms with Crippen LogP contribution in [0, 0.1) is 27.7 Å². The van der Waals surface area contributed by atoms with Gasteiger partial charge in [0.15, 0.2) is 24.8 Å². The van der Waals surface area contributed by atoms with Crippen molar-refractivity contribution in [2.45, 2.75) is 60.0 Å². The standard InChI is InChI=1S/C19H28N2.2BrH/c1-16-10-17(2)13-20(12-16)8-6-5-7-9-21-14-18(3)11-19(4)15-21;;/h10-15H,5-9H2,1-4H3;2*1H/q+2;;/p-2. The highest BCUT2D eigenvalue weighted by atomic mass is 79.9. The second kappa shape index (κ2) is 10.9. The molecule has 0 amide bonds. The summed E-state index contributed by atoms with van der Waals surface area (Å²) >= 11 is 0. The molecule has 0 N–H and O–H groups in total. The molecule has 128 valence electrons. The number of aryl methyl sites for hydroxylation is 6. The number of pyridine rings is 2. The van der Waals surface area contributed by atoms with Gasteiger partial charge in [0.05, 0.1) is 0 Å². The predicted molar refractivity (Wildman–Crippen MR) is 86.1 cm³/mol. The third-order valence-corrected chi connectivity index (χ3v) is 3.72. The first kappa shape index (κ1) is 22.3. The summed E-state index contributed by atoms with van der Waals surface area (Å²) in [5.74, 6) is 0. The Kier molecular flexibility index (Phi) is 10.6. The van der Waals surface area contributed by atoms with Crippen molar-refractivity contribution in [3.8, 4) is 0 Å². The number of halogens is 2. The third-order valence-electron chi connectivity index (χ3n) is 3.72. The van der Waals surface area contributed by atoms with Crippen molar-refractivity contribution >= 4 is 0 Å². The van der Waals surface area contributed by atoms with Gasteiger partial charge in [-0.3, -0.25) is 0 Å². The van der Waals surface area contributed by atoms with Gasteiger partial charge in [-0.25, -0.2) is 9.13 Å². The molecule has 0 fully saturated rings. The summed E-state index contributed by atoms with van der Waals surface area (Å²) in [6.45, 7) is 10.9. The van der Waals surface area contributed by atoms with Gasteiger partial charge in [-0.05, 0) is 46.2 Å². The Morgan fingerprint density at radius 3 is 1.17 bits per heavy atom. The number of hydrogen-bond donors (Lipinski definition) is 0. The van der Waals surface area contributed by atoms with Crippen LogP contribution in [0.4, 0.5) is 0 Å². The maximum atomic E-state index is 2.33. The van der Waals surface area contributed by atoms with Crippen molar-refractivity contribution in [3.63, 3.8) is 0 Å². The zero-order chi connectivity index (χ0) is 15.2. The summed E-state index contributed by atoms with van der Waals surface area (Å²) in [5, 5.41) is 0. The minimum atomic E-state index is 0. The van der Waals surface area contributed by atoms with Crippen molar-refractivity contribution < 1.29 is 43.1 Å². The third kappa shape index (κ3) is 8.07. The Hall–Kier alpha value is -0.740. The molecular formula is C19H28Br2N2. The van der Waals surface area contributed by atoms with Gasteiger partial charge in [0.1, 0.15) is 13.1 Å². The van der Waals surface area contributed by atoms with E-state index in [1.54, 1.807) is 0 Å². The van der Waals surface area contributed by atoms with E-state index >= 15 is 0 Å². The zero-order valence-electron chi connectivity index (χ0n) is 14.6. The fourth-order valence-electron chi connectivity index (χ4n) is 3.01. The first-order valence-corrected chi connectivity index (χ1v) is 7.97. The number of nitrogens with zero attached hydrogens (tertiary/aromatic N) is 2. The van der Waals surface area contributed by atoms with E-state index in [1.807, 2.05) is 0 Å². The Bertz CT molecular complexity index is 518. The van der Waals surface area contributed by atoms with Crippen LogP contribution in [0.2, 0.25) is 0 Å². The van der Waals surface area contributed by atoms with Crippen molar-refractivity contribution in [1.29, 1.82) is 0 Å². The molecule has 0 aromatic carbocycles. The maximum absolute atomic E-state index is 2.33. The molecule has 4 heteroatoms. The molecule has 23 heavy (non-hydrogen) atoms. The lowest BCUT2D eigenvalue weighted by Gasteiger charge is -2.01. The summed E-state index contributed by atoms with van der Waals surface area (Å²) < 4.78 is 4.66. The molecule has 0 atom stereocenters. The molecule has 2 heterocycles. The second-order valence-electron chi connectivity index (χ2n) is 6.32. The average molecular weight is 444 g/mol. The van der Waals surface area contributed by atoms with Gasteiger partial charge < -0.3 is 34.0 Å². The Morgan fingerprint density at radius 2 is 0.870 bits per heavy atom. The topological polar surface area (TPSA) is 7.76 Å². The van der Waals surface area contributed by atoms with Crippen LogP contribution < -0.4 is 43.1 Å². The molecule has 0 spiro atoms. The minimum Gasteiger partial charge on any atom is -1.00 e. The molecule has 2 rings (SSSR count). The summed E-state index contributed by atoms with van der Waals surface area (Å²) in [7, 11) is 0. The van der Waals surface area contributed by atoms with Crippen molar-refractivity contribution in [3.05, 3.63) is 59.2 Å². The first-order valence-electron chi connectivity index (χ1n) is 7.97. The molecule has 0 aliphatic rings. The van der Waals surface area contributed by atoms with E-state index in [4.69, 9.17) is 0 Å². The number of rotatable bonds is 6. The molecule has 2 aromatic rings. The van der Waals surface area contributed by atoms with Gasteiger partial charge in [0.25, 0.3) is 0 Å². The smallest absolute Gasteiger partial charge is 0.171 e. The van der Waals surface area contributed by atoms with Gasteiger partial charge >= 0.3 is 0 Å². The number of hydrogen-bond acceptors (Lipinski definition) is 0. The van der Waals surface area contributed by atoms with Crippen molar-refractivity contribution in [2.75, 3.05) is 0 Å². The highest BCUT2D eigenvalue weighted by Crippen LogP contribution is 2.01. The molecule has 0 aliphatic heterocycles.